The average Bonchev–Trinajstić information content (AvgIpc) is 3.46. The number of hydrogen-bond donors (Lipinski definition) is 1. The van der Waals surface area contributed by atoms with Gasteiger partial charge in [0.05, 0.1) is 10.6 Å². The minimum Gasteiger partial charge on any atom is -0.352 e. The molecule has 1 atom stereocenters. The Balaban J connectivity index is 1.71. The molecular formula is C30H32Cl2FN3O4S. The summed E-state index contributed by atoms with van der Waals surface area (Å²) in [6.45, 7) is 1.17. The Kier molecular flexibility index (Phi) is 10.3. The zero-order valence-corrected chi connectivity index (χ0v) is 24.9. The maximum Gasteiger partial charge on any atom is 0.264 e. The first kappa shape index (κ1) is 30.8. The number of amides is 2. The van der Waals surface area contributed by atoms with E-state index in [9.17, 15) is 22.4 Å². The van der Waals surface area contributed by atoms with Crippen LogP contribution in [0.15, 0.2) is 77.7 Å². The first-order chi connectivity index (χ1) is 19.6. The van der Waals surface area contributed by atoms with Gasteiger partial charge >= 0.3 is 0 Å². The predicted octanol–water partition coefficient (Wildman–Crippen LogP) is 6.19. The average molecular weight is 621 g/mol. The zero-order chi connectivity index (χ0) is 29.6. The number of rotatable bonds is 11. The minimum atomic E-state index is -4.28. The molecule has 1 fully saturated rings. The number of nitrogens with one attached hydrogen (secondary N) is 1. The molecule has 0 aliphatic heterocycles. The molecule has 1 N–H and O–H groups in total. The van der Waals surface area contributed by atoms with Crippen LogP contribution in [0.25, 0.3) is 0 Å². The zero-order valence-electron chi connectivity index (χ0n) is 22.6. The lowest BCUT2D eigenvalue weighted by Gasteiger charge is -2.34. The Morgan fingerprint density at radius 3 is 2.27 bits per heavy atom. The van der Waals surface area contributed by atoms with Gasteiger partial charge < -0.3 is 10.2 Å². The van der Waals surface area contributed by atoms with E-state index in [4.69, 9.17) is 23.2 Å². The van der Waals surface area contributed by atoms with Crippen LogP contribution in [0.1, 0.15) is 44.6 Å². The van der Waals surface area contributed by atoms with Gasteiger partial charge in [-0.15, -0.1) is 0 Å². The van der Waals surface area contributed by atoms with Gasteiger partial charge in [-0.25, -0.2) is 12.8 Å². The number of anilines is 1. The highest BCUT2D eigenvalue weighted by Crippen LogP contribution is 2.27. The van der Waals surface area contributed by atoms with Crippen molar-refractivity contribution in [1.29, 1.82) is 0 Å². The molecule has 218 valence electrons. The number of benzene rings is 3. The molecule has 0 unspecified atom stereocenters. The molecule has 11 heteroatoms. The summed E-state index contributed by atoms with van der Waals surface area (Å²) in [5, 5.41) is 3.81. The summed E-state index contributed by atoms with van der Waals surface area (Å²) in [6, 6.07) is 16.6. The van der Waals surface area contributed by atoms with E-state index in [0.717, 1.165) is 54.3 Å². The Labute approximate surface area is 250 Å². The summed E-state index contributed by atoms with van der Waals surface area (Å²) in [4.78, 5) is 28.8. The van der Waals surface area contributed by atoms with E-state index in [1.165, 1.54) is 4.90 Å². The Morgan fingerprint density at radius 2 is 1.66 bits per heavy atom. The van der Waals surface area contributed by atoms with Gasteiger partial charge in [-0.1, -0.05) is 67.2 Å². The summed E-state index contributed by atoms with van der Waals surface area (Å²) in [6.07, 6.45) is 4.09. The van der Waals surface area contributed by atoms with Gasteiger partial charge in [0.25, 0.3) is 10.0 Å². The molecular weight excluding hydrogens is 588 g/mol. The van der Waals surface area contributed by atoms with E-state index in [1.54, 1.807) is 55.5 Å². The molecule has 0 bridgehead atoms. The van der Waals surface area contributed by atoms with Gasteiger partial charge in [0.15, 0.2) is 0 Å². The number of nitrogens with zero attached hydrogens (tertiary/aromatic N) is 2. The second-order valence-corrected chi connectivity index (χ2v) is 12.7. The molecule has 1 saturated carbocycles. The number of hydrogen-bond acceptors (Lipinski definition) is 4. The number of carbonyl (C=O) groups excluding carboxylic acids is 2. The van der Waals surface area contributed by atoms with Gasteiger partial charge in [0, 0.05) is 22.6 Å². The summed E-state index contributed by atoms with van der Waals surface area (Å²) in [5.74, 6) is -1.49. The smallest absolute Gasteiger partial charge is 0.264 e. The molecule has 0 radical (unpaired) electrons. The number of halogens is 3. The van der Waals surface area contributed by atoms with Crippen molar-refractivity contribution < 1.29 is 22.4 Å². The van der Waals surface area contributed by atoms with Crippen LogP contribution >= 0.6 is 23.2 Å². The predicted molar refractivity (Wildman–Crippen MR) is 159 cm³/mol. The number of sulfonamides is 1. The van der Waals surface area contributed by atoms with Crippen LogP contribution < -0.4 is 9.62 Å². The summed E-state index contributed by atoms with van der Waals surface area (Å²) < 4.78 is 42.1. The standard InChI is InChI=1S/C30H32Cl2FN3O4S/c1-2-28(30(38)34-24-8-6-7-9-24)35(19-21-12-13-22(31)18-27(21)32)29(37)20-36(25-10-4-3-5-11-25)41(39,40)26-16-14-23(33)15-17-26/h3-5,10-18,24,28H,2,6-9,19-20H2,1H3,(H,34,38)/t28-/m1/s1. The molecule has 3 aromatic rings. The molecule has 7 nitrogen and oxygen atoms in total. The fraction of sp³-hybridized carbons (Fsp3) is 0.333. The minimum absolute atomic E-state index is 0.0345. The Hall–Kier alpha value is -3.14. The topological polar surface area (TPSA) is 86.8 Å². The molecule has 4 rings (SSSR count). The van der Waals surface area contributed by atoms with Crippen molar-refractivity contribution >= 4 is 50.7 Å². The van der Waals surface area contributed by atoms with E-state index in [1.807, 2.05) is 0 Å². The fourth-order valence-electron chi connectivity index (χ4n) is 4.98. The van der Waals surface area contributed by atoms with Crippen molar-refractivity contribution in [2.75, 3.05) is 10.8 Å². The van der Waals surface area contributed by atoms with E-state index < -0.39 is 34.3 Å². The van der Waals surface area contributed by atoms with Gasteiger partial charge in [0.2, 0.25) is 11.8 Å². The third kappa shape index (κ3) is 7.58. The van der Waals surface area contributed by atoms with Gasteiger partial charge in [-0.05, 0) is 73.4 Å². The lowest BCUT2D eigenvalue weighted by atomic mass is 10.1. The fourth-order valence-corrected chi connectivity index (χ4v) is 6.86. The highest BCUT2D eigenvalue weighted by molar-refractivity contribution is 7.92. The summed E-state index contributed by atoms with van der Waals surface area (Å²) in [7, 11) is -4.28. The number of carbonyl (C=O) groups is 2. The summed E-state index contributed by atoms with van der Waals surface area (Å²) in [5.41, 5.74) is 0.808. The van der Waals surface area contributed by atoms with Crippen LogP contribution in [0.2, 0.25) is 10.0 Å². The molecule has 2 amide bonds. The van der Waals surface area contributed by atoms with Crippen LogP contribution in [0, 0.1) is 5.82 Å². The molecule has 1 aliphatic carbocycles. The molecule has 41 heavy (non-hydrogen) atoms. The Morgan fingerprint density at radius 1 is 1.00 bits per heavy atom. The van der Waals surface area contributed by atoms with Crippen molar-refractivity contribution in [3.63, 3.8) is 0 Å². The summed E-state index contributed by atoms with van der Waals surface area (Å²) >= 11 is 12.5. The Bertz CT molecular complexity index is 1470. The van der Waals surface area contributed by atoms with Crippen molar-refractivity contribution in [2.45, 2.75) is 62.6 Å². The van der Waals surface area contributed by atoms with Gasteiger partial charge in [0.1, 0.15) is 18.4 Å². The molecule has 1 aliphatic rings. The van der Waals surface area contributed by atoms with E-state index in [-0.39, 0.29) is 29.1 Å². The first-order valence-electron chi connectivity index (χ1n) is 13.5. The maximum atomic E-state index is 14.1. The van der Waals surface area contributed by atoms with Crippen LogP contribution in [-0.4, -0.2) is 43.8 Å². The van der Waals surface area contributed by atoms with E-state index in [0.29, 0.717) is 22.0 Å². The normalized spacial score (nSPS) is 14.4. The van der Waals surface area contributed by atoms with Crippen LogP contribution in [0.4, 0.5) is 10.1 Å². The van der Waals surface area contributed by atoms with Crippen LogP contribution in [0.3, 0.4) is 0 Å². The highest BCUT2D eigenvalue weighted by atomic mass is 35.5. The number of para-hydroxylation sites is 1. The first-order valence-corrected chi connectivity index (χ1v) is 15.7. The lowest BCUT2D eigenvalue weighted by Crippen LogP contribution is -2.53. The van der Waals surface area contributed by atoms with Gasteiger partial charge in [-0.2, -0.15) is 0 Å². The quantitative estimate of drug-likeness (QED) is 0.277. The van der Waals surface area contributed by atoms with Crippen LogP contribution in [-0.2, 0) is 26.2 Å². The maximum absolute atomic E-state index is 14.1. The molecule has 0 spiro atoms. The van der Waals surface area contributed by atoms with Crippen molar-refractivity contribution in [3.8, 4) is 0 Å². The molecule has 0 aromatic heterocycles. The van der Waals surface area contributed by atoms with Crippen LogP contribution in [0.5, 0.6) is 0 Å². The van der Waals surface area contributed by atoms with Gasteiger partial charge in [-0.3, -0.25) is 13.9 Å². The third-order valence-corrected chi connectivity index (χ3v) is 9.54. The molecule has 0 heterocycles. The molecule has 3 aromatic carbocycles. The lowest BCUT2D eigenvalue weighted by molar-refractivity contribution is -0.140. The third-order valence-electron chi connectivity index (χ3n) is 7.17. The highest BCUT2D eigenvalue weighted by Gasteiger charge is 2.34. The SMILES string of the molecule is CC[C@H](C(=O)NC1CCCC1)N(Cc1ccc(Cl)cc1Cl)C(=O)CN(c1ccccc1)S(=O)(=O)c1ccc(F)cc1. The largest absolute Gasteiger partial charge is 0.352 e. The van der Waals surface area contributed by atoms with Crippen molar-refractivity contribution in [2.24, 2.45) is 0 Å². The monoisotopic (exact) mass is 619 g/mol. The van der Waals surface area contributed by atoms with E-state index in [2.05, 4.69) is 5.32 Å². The van der Waals surface area contributed by atoms with E-state index >= 15 is 0 Å². The van der Waals surface area contributed by atoms with Crippen molar-refractivity contribution in [3.05, 3.63) is 94.2 Å². The second kappa shape index (κ2) is 13.7. The molecule has 0 saturated heterocycles. The second-order valence-electron chi connectivity index (χ2n) is 9.97. The van der Waals surface area contributed by atoms with Crippen molar-refractivity contribution in [1.82, 2.24) is 10.2 Å².